The third-order valence-electron chi connectivity index (χ3n) is 3.23. The Labute approximate surface area is 129 Å². The van der Waals surface area contributed by atoms with E-state index in [1.807, 2.05) is 49.4 Å². The van der Waals surface area contributed by atoms with E-state index in [1.165, 1.54) is 0 Å². The van der Waals surface area contributed by atoms with Crippen LogP contribution in [0.3, 0.4) is 0 Å². The molecular weight excluding hydrogens is 334 g/mol. The molecule has 0 bridgehead atoms. The van der Waals surface area contributed by atoms with Gasteiger partial charge in [0.05, 0.1) is 17.0 Å². The summed E-state index contributed by atoms with van der Waals surface area (Å²) in [6.45, 7) is 2.57. The number of para-hydroxylation sites is 1. The number of alkyl halides is 1. The van der Waals surface area contributed by atoms with Crippen LogP contribution in [0.15, 0.2) is 51.7 Å². The Kier molecular flexibility index (Phi) is 3.84. The fourth-order valence-corrected chi connectivity index (χ4v) is 2.94. The van der Waals surface area contributed by atoms with E-state index in [0.29, 0.717) is 17.7 Å². The lowest BCUT2D eigenvalue weighted by molar-refractivity contribution is 0.337. The smallest absolute Gasteiger partial charge is 0.417 e. The van der Waals surface area contributed by atoms with Crippen molar-refractivity contribution in [3.8, 4) is 5.75 Å². The summed E-state index contributed by atoms with van der Waals surface area (Å²) in [5.74, 6) is 0.403. The third-order valence-corrected chi connectivity index (χ3v) is 4.25. The van der Waals surface area contributed by atoms with Gasteiger partial charge in [0, 0.05) is 5.56 Å². The molecule has 0 amide bonds. The SMILES string of the molecule is CCOc1ccccc1C(Br)c1ccc2[nH]c(=O)oc2c1. The average Bonchev–Trinajstić information content (AvgIpc) is 2.86. The second kappa shape index (κ2) is 5.77. The van der Waals surface area contributed by atoms with Gasteiger partial charge < -0.3 is 9.15 Å². The van der Waals surface area contributed by atoms with E-state index in [1.54, 1.807) is 0 Å². The quantitative estimate of drug-likeness (QED) is 0.725. The molecule has 3 aromatic rings. The highest BCUT2D eigenvalue weighted by Crippen LogP contribution is 2.37. The van der Waals surface area contributed by atoms with Gasteiger partial charge in [0.25, 0.3) is 0 Å². The Morgan fingerprint density at radius 1 is 1.29 bits per heavy atom. The Morgan fingerprint density at radius 3 is 2.90 bits per heavy atom. The first kappa shape index (κ1) is 13.9. The number of aromatic amines is 1. The predicted molar refractivity (Wildman–Crippen MR) is 85.2 cm³/mol. The molecule has 0 spiro atoms. The van der Waals surface area contributed by atoms with Crippen LogP contribution in [-0.4, -0.2) is 11.6 Å². The summed E-state index contributed by atoms with van der Waals surface area (Å²) >= 11 is 3.70. The van der Waals surface area contributed by atoms with E-state index in [0.717, 1.165) is 16.9 Å². The zero-order chi connectivity index (χ0) is 14.8. The molecule has 1 atom stereocenters. The minimum Gasteiger partial charge on any atom is -0.494 e. The molecule has 1 unspecified atom stereocenters. The monoisotopic (exact) mass is 347 g/mol. The molecule has 108 valence electrons. The van der Waals surface area contributed by atoms with Crippen molar-refractivity contribution in [2.24, 2.45) is 0 Å². The molecule has 1 N–H and O–H groups in total. The van der Waals surface area contributed by atoms with Crippen LogP contribution in [0.5, 0.6) is 5.75 Å². The van der Waals surface area contributed by atoms with Gasteiger partial charge in [-0.3, -0.25) is 4.98 Å². The third kappa shape index (κ3) is 2.74. The van der Waals surface area contributed by atoms with Crippen LogP contribution in [-0.2, 0) is 0 Å². The highest BCUT2D eigenvalue weighted by Gasteiger charge is 2.16. The minimum atomic E-state index is -0.442. The first-order chi connectivity index (χ1) is 10.2. The maximum Gasteiger partial charge on any atom is 0.417 e. The highest BCUT2D eigenvalue weighted by molar-refractivity contribution is 9.09. The van der Waals surface area contributed by atoms with Crippen molar-refractivity contribution in [1.82, 2.24) is 4.98 Å². The molecular formula is C16H14BrNO3. The number of oxazole rings is 1. The number of rotatable bonds is 4. The summed E-state index contributed by atoms with van der Waals surface area (Å²) < 4.78 is 10.8. The van der Waals surface area contributed by atoms with Gasteiger partial charge in [0.1, 0.15) is 5.75 Å². The van der Waals surface area contributed by atoms with Gasteiger partial charge in [-0.2, -0.15) is 0 Å². The number of benzene rings is 2. The maximum absolute atomic E-state index is 11.2. The number of hydrogen-bond donors (Lipinski definition) is 1. The molecule has 4 nitrogen and oxygen atoms in total. The predicted octanol–water partition coefficient (Wildman–Crippen LogP) is 4.00. The van der Waals surface area contributed by atoms with Gasteiger partial charge in [-0.15, -0.1) is 0 Å². The van der Waals surface area contributed by atoms with E-state index in [-0.39, 0.29) is 4.83 Å². The fraction of sp³-hybridized carbons (Fsp3) is 0.188. The van der Waals surface area contributed by atoms with E-state index < -0.39 is 5.76 Å². The van der Waals surface area contributed by atoms with Crippen molar-refractivity contribution in [3.05, 3.63) is 64.1 Å². The summed E-state index contributed by atoms with van der Waals surface area (Å²) in [4.78, 5) is 13.8. The maximum atomic E-state index is 11.2. The molecule has 0 saturated heterocycles. The van der Waals surface area contributed by atoms with Crippen LogP contribution in [0.4, 0.5) is 0 Å². The van der Waals surface area contributed by atoms with Crippen molar-refractivity contribution < 1.29 is 9.15 Å². The number of H-pyrrole nitrogens is 1. The molecule has 0 aliphatic rings. The first-order valence-corrected chi connectivity index (χ1v) is 7.59. The summed E-state index contributed by atoms with van der Waals surface area (Å²) in [6.07, 6.45) is 0. The largest absolute Gasteiger partial charge is 0.494 e. The van der Waals surface area contributed by atoms with Crippen molar-refractivity contribution in [3.63, 3.8) is 0 Å². The molecule has 5 heteroatoms. The van der Waals surface area contributed by atoms with Crippen LogP contribution in [0.1, 0.15) is 22.9 Å². The Morgan fingerprint density at radius 2 is 2.10 bits per heavy atom. The summed E-state index contributed by atoms with van der Waals surface area (Å²) in [5, 5.41) is 0. The van der Waals surface area contributed by atoms with E-state index in [2.05, 4.69) is 20.9 Å². The molecule has 2 aromatic carbocycles. The number of aromatic nitrogens is 1. The molecule has 1 aromatic heterocycles. The Hall–Kier alpha value is -2.01. The fourth-order valence-electron chi connectivity index (χ4n) is 2.28. The lowest BCUT2D eigenvalue weighted by Crippen LogP contribution is -1.99. The summed E-state index contributed by atoms with van der Waals surface area (Å²) in [6, 6.07) is 13.5. The molecule has 0 fully saturated rings. The number of hydrogen-bond acceptors (Lipinski definition) is 3. The van der Waals surface area contributed by atoms with Crippen molar-refractivity contribution in [1.29, 1.82) is 0 Å². The molecule has 0 aliphatic carbocycles. The molecule has 3 rings (SSSR count). The van der Waals surface area contributed by atoms with Gasteiger partial charge in [0.15, 0.2) is 5.58 Å². The average molecular weight is 348 g/mol. The minimum absolute atomic E-state index is 0.0372. The second-order valence-corrected chi connectivity index (χ2v) is 5.52. The van der Waals surface area contributed by atoms with Gasteiger partial charge in [-0.1, -0.05) is 40.2 Å². The van der Waals surface area contributed by atoms with Crippen molar-refractivity contribution in [2.45, 2.75) is 11.8 Å². The van der Waals surface area contributed by atoms with E-state index in [9.17, 15) is 4.79 Å². The number of fused-ring (bicyclic) bond motifs is 1. The molecule has 0 saturated carbocycles. The molecule has 0 aliphatic heterocycles. The Bertz CT molecular complexity index is 822. The molecule has 1 heterocycles. The zero-order valence-electron chi connectivity index (χ0n) is 11.4. The van der Waals surface area contributed by atoms with Crippen LogP contribution in [0.2, 0.25) is 0 Å². The number of nitrogens with one attached hydrogen (secondary N) is 1. The summed E-state index contributed by atoms with van der Waals surface area (Å²) in [7, 11) is 0. The molecule has 21 heavy (non-hydrogen) atoms. The standard InChI is InChI=1S/C16H14BrNO3/c1-2-20-13-6-4-3-5-11(13)15(17)10-7-8-12-14(9-10)21-16(19)18-12/h3-9,15H,2H2,1H3,(H,18,19). The van der Waals surface area contributed by atoms with Crippen LogP contribution in [0.25, 0.3) is 11.1 Å². The van der Waals surface area contributed by atoms with Crippen molar-refractivity contribution >= 4 is 27.0 Å². The number of ether oxygens (including phenoxy) is 1. The van der Waals surface area contributed by atoms with Crippen LogP contribution < -0.4 is 10.5 Å². The second-order valence-electron chi connectivity index (χ2n) is 4.60. The number of halogens is 1. The first-order valence-electron chi connectivity index (χ1n) is 6.67. The van der Waals surface area contributed by atoms with E-state index >= 15 is 0 Å². The van der Waals surface area contributed by atoms with Gasteiger partial charge >= 0.3 is 5.76 Å². The van der Waals surface area contributed by atoms with Crippen LogP contribution in [0, 0.1) is 0 Å². The van der Waals surface area contributed by atoms with Crippen LogP contribution >= 0.6 is 15.9 Å². The lowest BCUT2D eigenvalue weighted by Gasteiger charge is -2.15. The summed E-state index contributed by atoms with van der Waals surface area (Å²) in [5.41, 5.74) is 3.28. The normalized spacial score (nSPS) is 12.5. The van der Waals surface area contributed by atoms with Crippen molar-refractivity contribution in [2.75, 3.05) is 6.61 Å². The van der Waals surface area contributed by atoms with Gasteiger partial charge in [-0.05, 0) is 30.7 Å². The highest BCUT2D eigenvalue weighted by atomic mass is 79.9. The Balaban J connectivity index is 2.03. The van der Waals surface area contributed by atoms with Gasteiger partial charge in [-0.25, -0.2) is 4.79 Å². The zero-order valence-corrected chi connectivity index (χ0v) is 13.0. The molecule has 0 radical (unpaired) electrons. The topological polar surface area (TPSA) is 55.2 Å². The van der Waals surface area contributed by atoms with Gasteiger partial charge in [0.2, 0.25) is 0 Å². The van der Waals surface area contributed by atoms with E-state index in [4.69, 9.17) is 9.15 Å². The lowest BCUT2D eigenvalue weighted by atomic mass is 10.0.